The van der Waals surface area contributed by atoms with Crippen LogP contribution in [0.25, 0.3) is 11.1 Å². The molecule has 0 aliphatic rings. The molecule has 2 rings (SSSR count). The minimum absolute atomic E-state index is 0.347. The van der Waals surface area contributed by atoms with E-state index < -0.39 is 18.8 Å². The van der Waals surface area contributed by atoms with Gasteiger partial charge in [-0.25, -0.2) is 17.6 Å². The Morgan fingerprint density at radius 1 is 0.700 bits per heavy atom. The van der Waals surface area contributed by atoms with Crippen molar-refractivity contribution in [1.82, 2.24) is 0 Å². The van der Waals surface area contributed by atoms with Crippen molar-refractivity contribution in [1.29, 1.82) is 0 Å². The monoisotopic (exact) mass is 282 g/mol. The Morgan fingerprint density at radius 2 is 1.25 bits per heavy atom. The van der Waals surface area contributed by atoms with Gasteiger partial charge >= 0.3 is 0 Å². The van der Waals surface area contributed by atoms with E-state index in [1.165, 1.54) is 0 Å². The van der Waals surface area contributed by atoms with Gasteiger partial charge in [-0.15, -0.1) is 0 Å². The average Bonchev–Trinajstić information content (AvgIpc) is 2.48. The topological polar surface area (TPSA) is 0 Å². The molecule has 0 amide bonds. The molecule has 2 unspecified atom stereocenters. The minimum Gasteiger partial charge on any atom is -0.244 e. The summed E-state index contributed by atoms with van der Waals surface area (Å²) in [6.45, 7) is 0. The summed E-state index contributed by atoms with van der Waals surface area (Å²) in [5, 5.41) is 0. The van der Waals surface area contributed by atoms with Crippen molar-refractivity contribution in [3.63, 3.8) is 0 Å². The summed E-state index contributed by atoms with van der Waals surface area (Å²) in [7, 11) is 0. The maximum absolute atomic E-state index is 13.3. The lowest BCUT2D eigenvalue weighted by Gasteiger charge is -2.13. The minimum atomic E-state index is -3.28. The Kier molecular flexibility index (Phi) is 4.77. The third-order valence-corrected chi connectivity index (χ3v) is 3.08. The van der Waals surface area contributed by atoms with Crippen LogP contribution in [0, 0.1) is 0 Å². The van der Waals surface area contributed by atoms with Crippen molar-refractivity contribution in [3.8, 4) is 11.1 Å². The molecule has 2 aromatic carbocycles. The zero-order chi connectivity index (χ0) is 14.5. The van der Waals surface area contributed by atoms with Gasteiger partial charge in [0.2, 0.25) is 0 Å². The summed E-state index contributed by atoms with van der Waals surface area (Å²) in [5.74, 6) is 0. The molecule has 2 aromatic rings. The highest BCUT2D eigenvalue weighted by Gasteiger charge is 2.29. The summed E-state index contributed by atoms with van der Waals surface area (Å²) < 4.78 is 50.2. The molecular weight excluding hydrogens is 268 g/mol. The largest absolute Gasteiger partial charge is 0.272 e. The van der Waals surface area contributed by atoms with Gasteiger partial charge in [-0.2, -0.15) is 0 Å². The van der Waals surface area contributed by atoms with Gasteiger partial charge in [-0.1, -0.05) is 54.6 Å². The molecule has 0 saturated heterocycles. The zero-order valence-corrected chi connectivity index (χ0v) is 10.6. The molecule has 0 aromatic heterocycles. The summed E-state index contributed by atoms with van der Waals surface area (Å²) in [4.78, 5) is 0. The molecule has 0 nitrogen and oxygen atoms in total. The van der Waals surface area contributed by atoms with E-state index in [1.807, 2.05) is 30.3 Å². The lowest BCUT2D eigenvalue weighted by molar-refractivity contribution is 0.00385. The van der Waals surface area contributed by atoms with Gasteiger partial charge in [0.1, 0.15) is 6.17 Å². The van der Waals surface area contributed by atoms with Crippen molar-refractivity contribution in [2.24, 2.45) is 0 Å². The van der Waals surface area contributed by atoms with Crippen LogP contribution < -0.4 is 0 Å². The van der Waals surface area contributed by atoms with Gasteiger partial charge in [-0.3, -0.25) is 0 Å². The fourth-order valence-corrected chi connectivity index (χ4v) is 1.96. The molecule has 0 aliphatic carbocycles. The van der Waals surface area contributed by atoms with E-state index in [2.05, 4.69) is 0 Å². The van der Waals surface area contributed by atoms with Crippen LogP contribution in [-0.2, 0) is 6.42 Å². The lowest BCUT2D eigenvalue weighted by Crippen LogP contribution is -2.26. The first-order chi connectivity index (χ1) is 9.58. The van der Waals surface area contributed by atoms with E-state index in [-0.39, 0.29) is 6.42 Å². The Hall–Kier alpha value is -1.84. The van der Waals surface area contributed by atoms with Crippen molar-refractivity contribution in [3.05, 3.63) is 60.2 Å². The summed E-state index contributed by atoms with van der Waals surface area (Å²) in [6, 6.07) is 16.4. The van der Waals surface area contributed by atoms with Crippen LogP contribution in [0.3, 0.4) is 0 Å². The number of hydrogen-bond donors (Lipinski definition) is 0. The highest BCUT2D eigenvalue weighted by Crippen LogP contribution is 2.22. The van der Waals surface area contributed by atoms with Crippen LogP contribution in [0.4, 0.5) is 17.6 Å². The Balaban J connectivity index is 2.06. The fraction of sp³-hybridized carbons (Fsp3) is 0.250. The molecule has 0 spiro atoms. The third kappa shape index (κ3) is 3.59. The van der Waals surface area contributed by atoms with E-state index in [0.29, 0.717) is 5.56 Å². The zero-order valence-electron chi connectivity index (χ0n) is 10.6. The standard InChI is InChI=1S/C16H14F4/c17-14(15(18)16(19)20)10-11-6-8-13(9-7-11)12-4-2-1-3-5-12/h1-9,14-16H,10H2. The molecular formula is C16H14F4. The molecule has 0 heterocycles. The number of rotatable bonds is 5. The number of hydrogen-bond acceptors (Lipinski definition) is 0. The molecule has 0 N–H and O–H groups in total. The molecule has 0 bridgehead atoms. The Morgan fingerprint density at radius 3 is 1.80 bits per heavy atom. The van der Waals surface area contributed by atoms with Crippen LogP contribution >= 0.6 is 0 Å². The predicted molar refractivity (Wildman–Crippen MR) is 71.4 cm³/mol. The van der Waals surface area contributed by atoms with Crippen LogP contribution in [0.15, 0.2) is 54.6 Å². The molecule has 0 aliphatic heterocycles. The first kappa shape index (κ1) is 14.6. The number of halogens is 4. The van der Waals surface area contributed by atoms with Crippen LogP contribution in [0.5, 0.6) is 0 Å². The summed E-state index contributed by atoms with van der Waals surface area (Å²) >= 11 is 0. The van der Waals surface area contributed by atoms with Gasteiger partial charge in [0, 0.05) is 6.42 Å². The Labute approximate surface area is 115 Å². The van der Waals surface area contributed by atoms with Gasteiger partial charge in [0.15, 0.2) is 6.17 Å². The van der Waals surface area contributed by atoms with E-state index in [9.17, 15) is 17.6 Å². The number of alkyl halides is 4. The molecule has 4 heteroatoms. The Bertz CT molecular complexity index is 522. The second-order valence-corrected chi connectivity index (χ2v) is 4.56. The lowest BCUT2D eigenvalue weighted by atomic mass is 10.0. The van der Waals surface area contributed by atoms with Crippen LogP contribution in [0.2, 0.25) is 0 Å². The van der Waals surface area contributed by atoms with E-state index in [1.54, 1.807) is 24.3 Å². The SMILES string of the molecule is FC(F)C(F)C(F)Cc1ccc(-c2ccccc2)cc1. The second kappa shape index (κ2) is 6.55. The second-order valence-electron chi connectivity index (χ2n) is 4.56. The van der Waals surface area contributed by atoms with Crippen LogP contribution in [0.1, 0.15) is 5.56 Å². The molecule has 2 atom stereocenters. The molecule has 20 heavy (non-hydrogen) atoms. The fourth-order valence-electron chi connectivity index (χ4n) is 1.96. The van der Waals surface area contributed by atoms with E-state index >= 15 is 0 Å². The summed E-state index contributed by atoms with van der Waals surface area (Å²) in [6.07, 6.45) is -8.55. The molecule has 0 fully saturated rings. The quantitative estimate of drug-likeness (QED) is 0.688. The maximum Gasteiger partial charge on any atom is 0.272 e. The highest BCUT2D eigenvalue weighted by molar-refractivity contribution is 5.63. The smallest absolute Gasteiger partial charge is 0.244 e. The van der Waals surface area contributed by atoms with Crippen molar-refractivity contribution >= 4 is 0 Å². The first-order valence-corrected chi connectivity index (χ1v) is 6.28. The van der Waals surface area contributed by atoms with Crippen molar-refractivity contribution in [2.45, 2.75) is 25.2 Å². The van der Waals surface area contributed by atoms with E-state index in [0.717, 1.165) is 11.1 Å². The normalized spacial score (nSPS) is 14.2. The summed E-state index contributed by atoms with van der Waals surface area (Å²) in [5.41, 5.74) is 2.45. The van der Waals surface area contributed by atoms with Gasteiger partial charge < -0.3 is 0 Å². The first-order valence-electron chi connectivity index (χ1n) is 6.28. The van der Waals surface area contributed by atoms with E-state index in [4.69, 9.17) is 0 Å². The molecule has 106 valence electrons. The van der Waals surface area contributed by atoms with Crippen molar-refractivity contribution < 1.29 is 17.6 Å². The predicted octanol–water partition coefficient (Wildman–Crippen LogP) is 4.84. The van der Waals surface area contributed by atoms with Crippen LogP contribution in [-0.4, -0.2) is 18.8 Å². The maximum atomic E-state index is 13.3. The molecule has 0 radical (unpaired) electrons. The highest BCUT2D eigenvalue weighted by atomic mass is 19.3. The van der Waals surface area contributed by atoms with Gasteiger partial charge in [0.25, 0.3) is 6.43 Å². The molecule has 0 saturated carbocycles. The van der Waals surface area contributed by atoms with Gasteiger partial charge in [-0.05, 0) is 16.7 Å². The average molecular weight is 282 g/mol. The third-order valence-electron chi connectivity index (χ3n) is 3.08. The number of benzene rings is 2. The van der Waals surface area contributed by atoms with Gasteiger partial charge in [0.05, 0.1) is 0 Å². The van der Waals surface area contributed by atoms with Crippen molar-refractivity contribution in [2.75, 3.05) is 0 Å².